The molecule has 1 aliphatic rings. The Bertz CT molecular complexity index is 187. The van der Waals surface area contributed by atoms with Gasteiger partial charge in [0.2, 0.25) is 0 Å². The molecule has 0 fully saturated rings. The van der Waals surface area contributed by atoms with E-state index in [1.165, 1.54) is 12.7 Å². The number of esters is 1. The van der Waals surface area contributed by atoms with Gasteiger partial charge in [-0.2, -0.15) is 0 Å². The predicted molar refractivity (Wildman–Crippen MR) is 42.2 cm³/mol. The van der Waals surface area contributed by atoms with Gasteiger partial charge in [-0.25, -0.2) is 0 Å². The Morgan fingerprint density at radius 3 is 3.09 bits per heavy atom. The molecule has 0 aromatic rings. The van der Waals surface area contributed by atoms with Crippen molar-refractivity contribution >= 4 is 5.97 Å². The van der Waals surface area contributed by atoms with E-state index in [0.717, 1.165) is 13.0 Å². The smallest absolute Gasteiger partial charge is 0.323 e. The Labute approximate surface area is 66.4 Å². The molecule has 0 saturated carbocycles. The topological polar surface area (TPSA) is 38.3 Å². The zero-order valence-electron chi connectivity index (χ0n) is 6.89. The van der Waals surface area contributed by atoms with Crippen LogP contribution < -0.4 is 5.32 Å². The molecule has 0 spiro atoms. The summed E-state index contributed by atoms with van der Waals surface area (Å²) in [5, 5.41) is 3.05. The van der Waals surface area contributed by atoms with Crippen molar-refractivity contribution in [3.63, 3.8) is 0 Å². The largest absolute Gasteiger partial charge is 0.468 e. The molecule has 0 saturated heterocycles. The summed E-state index contributed by atoms with van der Waals surface area (Å²) in [6, 6.07) is -0.134. The number of ether oxygens (including phenoxy) is 1. The summed E-state index contributed by atoms with van der Waals surface area (Å²) >= 11 is 0. The Kier molecular flexibility index (Phi) is 2.65. The van der Waals surface area contributed by atoms with Gasteiger partial charge in [-0.1, -0.05) is 11.6 Å². The Hall–Kier alpha value is -0.830. The molecular weight excluding hydrogens is 142 g/mol. The lowest BCUT2D eigenvalue weighted by atomic mass is 10.0. The molecule has 0 bridgehead atoms. The molecule has 1 unspecified atom stereocenters. The highest BCUT2D eigenvalue weighted by atomic mass is 16.5. The first kappa shape index (κ1) is 8.27. The number of carbonyl (C=O) groups excluding carboxylic acids is 1. The third kappa shape index (κ3) is 2.05. The fraction of sp³-hybridized carbons (Fsp3) is 0.625. The van der Waals surface area contributed by atoms with Crippen molar-refractivity contribution in [2.24, 2.45) is 0 Å². The van der Waals surface area contributed by atoms with E-state index in [-0.39, 0.29) is 12.0 Å². The third-order valence-electron chi connectivity index (χ3n) is 1.83. The number of nitrogens with one attached hydrogen (secondary N) is 1. The average molecular weight is 155 g/mol. The van der Waals surface area contributed by atoms with Gasteiger partial charge in [-0.15, -0.1) is 0 Å². The Balaban J connectivity index is 2.50. The second kappa shape index (κ2) is 3.53. The third-order valence-corrected chi connectivity index (χ3v) is 1.83. The summed E-state index contributed by atoms with van der Waals surface area (Å²) in [6.07, 6.45) is 2.85. The molecule has 11 heavy (non-hydrogen) atoms. The second-order valence-electron chi connectivity index (χ2n) is 2.74. The minimum Gasteiger partial charge on any atom is -0.468 e. The lowest BCUT2D eigenvalue weighted by Crippen LogP contribution is -2.40. The molecule has 1 aliphatic heterocycles. The maximum Gasteiger partial charge on any atom is 0.323 e. The van der Waals surface area contributed by atoms with E-state index in [9.17, 15) is 4.79 Å². The van der Waals surface area contributed by atoms with E-state index in [1.807, 2.05) is 6.92 Å². The fourth-order valence-electron chi connectivity index (χ4n) is 1.16. The minimum atomic E-state index is -0.169. The van der Waals surface area contributed by atoms with Gasteiger partial charge >= 0.3 is 5.97 Å². The van der Waals surface area contributed by atoms with Gasteiger partial charge in [0.15, 0.2) is 0 Å². The van der Waals surface area contributed by atoms with Crippen LogP contribution in [0.3, 0.4) is 0 Å². The molecule has 1 rings (SSSR count). The SMILES string of the molecule is COC(=O)C1CC(C)=CCN1. The van der Waals surface area contributed by atoms with Crippen molar-refractivity contribution in [2.45, 2.75) is 19.4 Å². The van der Waals surface area contributed by atoms with Crippen molar-refractivity contribution in [3.8, 4) is 0 Å². The molecule has 0 amide bonds. The summed E-state index contributed by atoms with van der Waals surface area (Å²) < 4.78 is 4.61. The van der Waals surface area contributed by atoms with Crippen LogP contribution in [0.15, 0.2) is 11.6 Å². The van der Waals surface area contributed by atoms with Crippen LogP contribution in [0.5, 0.6) is 0 Å². The molecule has 3 nitrogen and oxygen atoms in total. The first-order valence-electron chi connectivity index (χ1n) is 3.71. The standard InChI is InChI=1S/C8H13NO2/c1-6-3-4-9-7(5-6)8(10)11-2/h3,7,9H,4-5H2,1-2H3. The van der Waals surface area contributed by atoms with Crippen LogP contribution in [0.2, 0.25) is 0 Å². The van der Waals surface area contributed by atoms with E-state index >= 15 is 0 Å². The summed E-state index contributed by atoms with van der Waals surface area (Å²) in [6.45, 7) is 2.79. The molecule has 1 heterocycles. The molecular formula is C8H13NO2. The summed E-state index contributed by atoms with van der Waals surface area (Å²) in [4.78, 5) is 11.0. The Morgan fingerprint density at radius 1 is 1.82 bits per heavy atom. The van der Waals surface area contributed by atoms with Crippen LogP contribution in [0.1, 0.15) is 13.3 Å². The van der Waals surface area contributed by atoms with Crippen LogP contribution in [0, 0.1) is 0 Å². The minimum absolute atomic E-state index is 0.134. The molecule has 1 atom stereocenters. The first-order chi connectivity index (χ1) is 5.24. The van der Waals surface area contributed by atoms with E-state index in [0.29, 0.717) is 0 Å². The maximum atomic E-state index is 11.0. The number of methoxy groups -OCH3 is 1. The molecule has 0 aromatic carbocycles. The van der Waals surface area contributed by atoms with Gasteiger partial charge in [-0.05, 0) is 13.3 Å². The van der Waals surface area contributed by atoms with E-state index in [4.69, 9.17) is 0 Å². The van der Waals surface area contributed by atoms with Crippen LogP contribution in [-0.2, 0) is 9.53 Å². The number of carbonyl (C=O) groups is 1. The molecule has 1 N–H and O–H groups in total. The monoisotopic (exact) mass is 155 g/mol. The fourth-order valence-corrected chi connectivity index (χ4v) is 1.16. The van der Waals surface area contributed by atoms with Crippen molar-refractivity contribution in [3.05, 3.63) is 11.6 Å². The number of rotatable bonds is 1. The van der Waals surface area contributed by atoms with E-state index < -0.39 is 0 Å². The molecule has 0 aromatic heterocycles. The Morgan fingerprint density at radius 2 is 2.55 bits per heavy atom. The lowest BCUT2D eigenvalue weighted by molar-refractivity contribution is -0.143. The van der Waals surface area contributed by atoms with E-state index in [2.05, 4.69) is 16.1 Å². The predicted octanol–water partition coefficient (Wildman–Crippen LogP) is 0.468. The van der Waals surface area contributed by atoms with Gasteiger partial charge in [0.1, 0.15) is 6.04 Å². The normalized spacial score (nSPS) is 24.2. The highest BCUT2D eigenvalue weighted by molar-refractivity contribution is 5.76. The van der Waals surface area contributed by atoms with Gasteiger partial charge < -0.3 is 10.1 Å². The van der Waals surface area contributed by atoms with E-state index in [1.54, 1.807) is 0 Å². The molecule has 0 radical (unpaired) electrons. The number of hydrogen-bond donors (Lipinski definition) is 1. The molecule has 3 heteroatoms. The van der Waals surface area contributed by atoms with Crippen molar-refractivity contribution in [1.29, 1.82) is 0 Å². The summed E-state index contributed by atoms with van der Waals surface area (Å²) in [7, 11) is 1.41. The van der Waals surface area contributed by atoms with Crippen LogP contribution in [0.4, 0.5) is 0 Å². The quantitative estimate of drug-likeness (QED) is 0.442. The zero-order valence-corrected chi connectivity index (χ0v) is 6.89. The average Bonchev–Trinajstić information content (AvgIpc) is 2.03. The van der Waals surface area contributed by atoms with Crippen LogP contribution in [0.25, 0.3) is 0 Å². The van der Waals surface area contributed by atoms with Gasteiger partial charge in [-0.3, -0.25) is 4.79 Å². The van der Waals surface area contributed by atoms with Gasteiger partial charge in [0, 0.05) is 6.54 Å². The first-order valence-corrected chi connectivity index (χ1v) is 3.71. The molecule has 62 valence electrons. The van der Waals surface area contributed by atoms with Crippen molar-refractivity contribution in [2.75, 3.05) is 13.7 Å². The highest BCUT2D eigenvalue weighted by Crippen LogP contribution is 2.09. The lowest BCUT2D eigenvalue weighted by Gasteiger charge is -2.19. The number of hydrogen-bond acceptors (Lipinski definition) is 3. The molecule has 0 aliphatic carbocycles. The van der Waals surface area contributed by atoms with Gasteiger partial charge in [0.25, 0.3) is 0 Å². The summed E-state index contributed by atoms with van der Waals surface area (Å²) in [5.74, 6) is -0.169. The van der Waals surface area contributed by atoms with Crippen molar-refractivity contribution < 1.29 is 9.53 Å². The summed E-state index contributed by atoms with van der Waals surface area (Å²) in [5.41, 5.74) is 1.25. The van der Waals surface area contributed by atoms with Gasteiger partial charge in [0.05, 0.1) is 7.11 Å². The van der Waals surface area contributed by atoms with Crippen LogP contribution in [-0.4, -0.2) is 25.7 Å². The maximum absolute atomic E-state index is 11.0. The zero-order chi connectivity index (χ0) is 8.27. The second-order valence-corrected chi connectivity index (χ2v) is 2.74. The van der Waals surface area contributed by atoms with Crippen LogP contribution >= 0.6 is 0 Å². The highest BCUT2D eigenvalue weighted by Gasteiger charge is 2.20. The van der Waals surface area contributed by atoms with Crippen molar-refractivity contribution in [1.82, 2.24) is 5.32 Å².